The maximum Gasteiger partial charge on any atom is 0.135 e. The van der Waals surface area contributed by atoms with E-state index in [1.807, 2.05) is 6.07 Å². The molecule has 0 aliphatic heterocycles. The van der Waals surface area contributed by atoms with Gasteiger partial charge in [0.05, 0.1) is 28.5 Å². The minimum atomic E-state index is -0.0498. The standard InChI is InChI=1S/C52H36N2O/c1-2-15-36(16-3-1)41-31-29-37(40-23-14-18-35-17-4-5-19-39(35)40)33-50(41)53(38-30-32-52-45(34-38)44-22-8-13-28-51(44)55-52)48-26-11-12-27-49(48)54-46-24-9-6-20-42(46)43-21-7-10-25-47(43)54/h1-32,34,50H,33H2. The van der Waals surface area contributed by atoms with Gasteiger partial charge in [-0.3, -0.25) is 0 Å². The third-order valence-corrected chi connectivity index (χ3v) is 11.4. The summed E-state index contributed by atoms with van der Waals surface area (Å²) in [5.41, 5.74) is 12.6. The Morgan fingerprint density at radius 2 is 1.13 bits per heavy atom. The lowest BCUT2D eigenvalue weighted by atomic mass is 9.83. The molecule has 0 saturated heterocycles. The van der Waals surface area contributed by atoms with Crippen molar-refractivity contribution in [2.24, 2.45) is 0 Å². The van der Waals surface area contributed by atoms with Gasteiger partial charge in [-0.15, -0.1) is 0 Å². The van der Waals surface area contributed by atoms with Crippen LogP contribution in [0.15, 0.2) is 205 Å². The van der Waals surface area contributed by atoms with E-state index < -0.39 is 0 Å². The van der Waals surface area contributed by atoms with E-state index in [2.05, 4.69) is 204 Å². The molecular weight excluding hydrogens is 669 g/mol. The first-order chi connectivity index (χ1) is 27.3. The zero-order chi connectivity index (χ0) is 36.3. The van der Waals surface area contributed by atoms with Crippen molar-refractivity contribution in [2.45, 2.75) is 12.5 Å². The van der Waals surface area contributed by atoms with Crippen LogP contribution in [0.25, 0.3) is 71.4 Å². The van der Waals surface area contributed by atoms with Gasteiger partial charge >= 0.3 is 0 Å². The zero-order valence-electron chi connectivity index (χ0n) is 30.1. The average molecular weight is 705 g/mol. The van der Waals surface area contributed by atoms with Crippen molar-refractivity contribution in [3.8, 4) is 5.69 Å². The van der Waals surface area contributed by atoms with Gasteiger partial charge in [-0.25, -0.2) is 0 Å². The number of hydrogen-bond donors (Lipinski definition) is 0. The Kier molecular flexibility index (Phi) is 7.31. The highest BCUT2D eigenvalue weighted by Gasteiger charge is 2.32. The Balaban J connectivity index is 1.19. The summed E-state index contributed by atoms with van der Waals surface area (Å²) in [5.74, 6) is 0. The van der Waals surface area contributed by atoms with Gasteiger partial charge in [0.1, 0.15) is 11.2 Å². The lowest BCUT2D eigenvalue weighted by Crippen LogP contribution is -2.34. The predicted octanol–water partition coefficient (Wildman–Crippen LogP) is 13.9. The second-order valence-electron chi connectivity index (χ2n) is 14.4. The first-order valence-electron chi connectivity index (χ1n) is 19.0. The molecule has 0 N–H and O–H groups in total. The summed E-state index contributed by atoms with van der Waals surface area (Å²) in [6, 6.07) is 67.9. The van der Waals surface area contributed by atoms with Gasteiger partial charge in [0.15, 0.2) is 0 Å². The van der Waals surface area contributed by atoms with Crippen molar-refractivity contribution in [3.63, 3.8) is 0 Å². The third-order valence-electron chi connectivity index (χ3n) is 11.4. The van der Waals surface area contributed by atoms with Crippen molar-refractivity contribution >= 4 is 77.0 Å². The summed E-state index contributed by atoms with van der Waals surface area (Å²) < 4.78 is 8.83. The van der Waals surface area contributed by atoms with Crippen LogP contribution in [-0.2, 0) is 0 Å². The summed E-state index contributed by atoms with van der Waals surface area (Å²) in [7, 11) is 0. The topological polar surface area (TPSA) is 21.3 Å². The molecule has 10 aromatic rings. The molecule has 1 unspecified atom stereocenters. The molecule has 0 saturated carbocycles. The van der Waals surface area contributed by atoms with Crippen molar-refractivity contribution in [2.75, 3.05) is 4.90 Å². The van der Waals surface area contributed by atoms with E-state index >= 15 is 0 Å². The van der Waals surface area contributed by atoms with E-state index in [1.54, 1.807) is 0 Å². The van der Waals surface area contributed by atoms with Gasteiger partial charge in [-0.1, -0.05) is 152 Å². The summed E-state index contributed by atoms with van der Waals surface area (Å²) in [6.45, 7) is 0. The van der Waals surface area contributed by atoms with Crippen LogP contribution >= 0.6 is 0 Å². The van der Waals surface area contributed by atoms with Gasteiger partial charge < -0.3 is 13.9 Å². The van der Waals surface area contributed by atoms with Crippen molar-refractivity contribution in [1.82, 2.24) is 4.57 Å². The third kappa shape index (κ3) is 5.12. The number of nitrogens with zero attached hydrogens (tertiary/aromatic N) is 2. The van der Waals surface area contributed by atoms with E-state index in [1.165, 1.54) is 54.9 Å². The summed E-state index contributed by atoms with van der Waals surface area (Å²) >= 11 is 0. The first-order valence-corrected chi connectivity index (χ1v) is 19.0. The first kappa shape index (κ1) is 31.4. The molecule has 1 aliphatic rings. The number of rotatable bonds is 6. The predicted molar refractivity (Wildman–Crippen MR) is 231 cm³/mol. The largest absolute Gasteiger partial charge is 0.456 e. The Labute approximate surface area is 319 Å². The van der Waals surface area contributed by atoms with Crippen molar-refractivity contribution in [3.05, 3.63) is 211 Å². The maximum absolute atomic E-state index is 6.38. The number of fused-ring (bicyclic) bond motifs is 7. The zero-order valence-corrected chi connectivity index (χ0v) is 30.1. The number of furan rings is 1. The Morgan fingerprint density at radius 1 is 0.491 bits per heavy atom. The average Bonchev–Trinajstić information content (AvgIpc) is 3.80. The van der Waals surface area contributed by atoms with E-state index in [4.69, 9.17) is 4.42 Å². The lowest BCUT2D eigenvalue weighted by molar-refractivity contribution is 0.669. The second-order valence-corrected chi connectivity index (χ2v) is 14.4. The molecule has 0 bridgehead atoms. The molecule has 0 amide bonds. The minimum absolute atomic E-state index is 0.0498. The second kappa shape index (κ2) is 12.8. The Morgan fingerprint density at radius 3 is 1.95 bits per heavy atom. The summed E-state index contributed by atoms with van der Waals surface area (Å²) in [6.07, 6.45) is 5.52. The van der Waals surface area contributed by atoms with E-state index in [0.717, 1.165) is 45.4 Å². The van der Waals surface area contributed by atoms with Crippen molar-refractivity contribution < 1.29 is 4.42 Å². The number of allylic oxidation sites excluding steroid dienone is 2. The van der Waals surface area contributed by atoms with E-state index in [-0.39, 0.29) is 6.04 Å². The summed E-state index contributed by atoms with van der Waals surface area (Å²) in [5, 5.41) is 7.24. The maximum atomic E-state index is 6.38. The smallest absolute Gasteiger partial charge is 0.135 e. The molecule has 2 heterocycles. The molecule has 3 nitrogen and oxygen atoms in total. The lowest BCUT2D eigenvalue weighted by Gasteiger charge is -2.39. The fourth-order valence-corrected chi connectivity index (χ4v) is 8.93. The highest BCUT2D eigenvalue weighted by molar-refractivity contribution is 6.10. The van der Waals surface area contributed by atoms with Gasteiger partial charge in [0.2, 0.25) is 0 Å². The Hall–Kier alpha value is -7.10. The molecule has 8 aromatic carbocycles. The fraction of sp³-hybridized carbons (Fsp3) is 0.0385. The number of anilines is 2. The normalized spacial score (nSPS) is 14.5. The molecule has 0 radical (unpaired) electrons. The van der Waals surface area contributed by atoms with Crippen LogP contribution in [-0.4, -0.2) is 10.6 Å². The van der Waals surface area contributed by atoms with Crippen molar-refractivity contribution in [1.29, 1.82) is 0 Å². The van der Waals surface area contributed by atoms with Gasteiger partial charge in [-0.05, 0) is 88.0 Å². The van der Waals surface area contributed by atoms with Crippen LogP contribution in [0, 0.1) is 0 Å². The quantitative estimate of drug-likeness (QED) is 0.172. The Bertz CT molecular complexity index is 3080. The molecule has 2 aromatic heterocycles. The van der Waals surface area contributed by atoms with Crippen LogP contribution in [0.3, 0.4) is 0 Å². The van der Waals surface area contributed by atoms with Gasteiger partial charge in [0.25, 0.3) is 0 Å². The van der Waals surface area contributed by atoms with Gasteiger partial charge in [-0.2, -0.15) is 0 Å². The fourth-order valence-electron chi connectivity index (χ4n) is 8.93. The molecular formula is C52H36N2O. The molecule has 3 heteroatoms. The minimum Gasteiger partial charge on any atom is -0.456 e. The number of hydrogen-bond acceptors (Lipinski definition) is 2. The number of para-hydroxylation sites is 5. The molecule has 0 spiro atoms. The van der Waals surface area contributed by atoms with Crippen LogP contribution < -0.4 is 4.90 Å². The van der Waals surface area contributed by atoms with Crippen LogP contribution in [0.2, 0.25) is 0 Å². The highest BCUT2D eigenvalue weighted by atomic mass is 16.3. The van der Waals surface area contributed by atoms with Crippen LogP contribution in [0.5, 0.6) is 0 Å². The van der Waals surface area contributed by atoms with Gasteiger partial charge in [0, 0.05) is 27.2 Å². The van der Waals surface area contributed by atoms with Crippen LogP contribution in [0.1, 0.15) is 17.5 Å². The number of benzene rings is 8. The SMILES string of the molecule is C1=C(c2cccc3ccccc23)CC(N(c2ccc3oc4ccccc4c3c2)c2ccccc2-n2c3ccccc3c3ccccc32)C(c2ccccc2)=C1. The summed E-state index contributed by atoms with van der Waals surface area (Å²) in [4.78, 5) is 2.59. The molecule has 55 heavy (non-hydrogen) atoms. The molecule has 260 valence electrons. The molecule has 0 fully saturated rings. The monoisotopic (exact) mass is 704 g/mol. The van der Waals surface area contributed by atoms with Crippen LogP contribution in [0.4, 0.5) is 11.4 Å². The molecule has 1 aliphatic carbocycles. The van der Waals surface area contributed by atoms with E-state index in [0.29, 0.717) is 0 Å². The number of aromatic nitrogens is 1. The molecule has 1 atom stereocenters. The highest BCUT2D eigenvalue weighted by Crippen LogP contribution is 2.46. The molecule has 11 rings (SSSR count). The van der Waals surface area contributed by atoms with E-state index in [9.17, 15) is 0 Å².